The molecule has 0 spiro atoms. The topological polar surface area (TPSA) is 53.5 Å². The Morgan fingerprint density at radius 3 is 2.67 bits per heavy atom. The van der Waals surface area contributed by atoms with E-state index in [1.807, 2.05) is 44.2 Å². The molecule has 1 aliphatic heterocycles. The van der Waals surface area contributed by atoms with Crippen LogP contribution in [0.1, 0.15) is 28.9 Å². The molecule has 2 amide bonds. The molecule has 0 aliphatic carbocycles. The predicted molar refractivity (Wildman–Crippen MR) is 105 cm³/mol. The molecule has 27 heavy (non-hydrogen) atoms. The fraction of sp³-hybridized carbons (Fsp3) is 0.409. The third-order valence-electron chi connectivity index (χ3n) is 4.96. The molecule has 0 N–H and O–H groups in total. The summed E-state index contributed by atoms with van der Waals surface area (Å²) in [7, 11) is 1.77. The van der Waals surface area contributed by atoms with E-state index in [4.69, 9.17) is 0 Å². The van der Waals surface area contributed by atoms with E-state index < -0.39 is 0 Å². The number of carbonyl (C=O) groups excluding carboxylic acids is 2. The SMILES string of the molecule is Cc1cc(C)nc(CN(C)C(=O)CN2C[C@@H](Cc3ccccc3)CC2=O)c1. The first kappa shape index (κ1) is 19.1. The van der Waals surface area contributed by atoms with Gasteiger partial charge in [0.25, 0.3) is 0 Å². The van der Waals surface area contributed by atoms with E-state index in [2.05, 4.69) is 17.1 Å². The van der Waals surface area contributed by atoms with Crippen molar-refractivity contribution in [3.63, 3.8) is 0 Å². The normalized spacial score (nSPS) is 16.6. The van der Waals surface area contributed by atoms with E-state index in [0.717, 1.165) is 23.4 Å². The number of likely N-dealkylation sites (N-methyl/N-ethyl adjacent to an activating group) is 1. The zero-order chi connectivity index (χ0) is 19.4. The highest BCUT2D eigenvalue weighted by Crippen LogP contribution is 2.22. The summed E-state index contributed by atoms with van der Waals surface area (Å²) < 4.78 is 0. The van der Waals surface area contributed by atoms with Gasteiger partial charge in [-0.3, -0.25) is 14.6 Å². The van der Waals surface area contributed by atoms with Crippen LogP contribution in [0.4, 0.5) is 0 Å². The van der Waals surface area contributed by atoms with Gasteiger partial charge in [-0.15, -0.1) is 0 Å². The van der Waals surface area contributed by atoms with Crippen molar-refractivity contribution in [3.8, 4) is 0 Å². The number of likely N-dealkylation sites (tertiary alicyclic amines) is 1. The van der Waals surface area contributed by atoms with Gasteiger partial charge in [0.1, 0.15) is 0 Å². The average molecular weight is 365 g/mol. The van der Waals surface area contributed by atoms with Crippen LogP contribution in [0.25, 0.3) is 0 Å². The Labute approximate surface area is 161 Å². The van der Waals surface area contributed by atoms with Gasteiger partial charge in [-0.1, -0.05) is 30.3 Å². The minimum Gasteiger partial charge on any atom is -0.338 e. The van der Waals surface area contributed by atoms with Crippen LogP contribution >= 0.6 is 0 Å². The van der Waals surface area contributed by atoms with Gasteiger partial charge in [0.15, 0.2) is 0 Å². The first-order valence-electron chi connectivity index (χ1n) is 9.40. The smallest absolute Gasteiger partial charge is 0.242 e. The fourth-order valence-electron chi connectivity index (χ4n) is 3.71. The molecule has 3 rings (SSSR count). The van der Waals surface area contributed by atoms with Gasteiger partial charge >= 0.3 is 0 Å². The van der Waals surface area contributed by atoms with Crippen molar-refractivity contribution in [2.24, 2.45) is 5.92 Å². The number of hydrogen-bond donors (Lipinski definition) is 0. The molecule has 1 saturated heterocycles. The van der Waals surface area contributed by atoms with Crippen LogP contribution in [-0.4, -0.2) is 46.7 Å². The van der Waals surface area contributed by atoms with Crippen LogP contribution in [0.5, 0.6) is 0 Å². The Hall–Kier alpha value is -2.69. The molecule has 1 aromatic heterocycles. The van der Waals surface area contributed by atoms with Crippen molar-refractivity contribution < 1.29 is 9.59 Å². The second kappa shape index (κ2) is 8.33. The molecule has 5 heteroatoms. The quantitative estimate of drug-likeness (QED) is 0.791. The van der Waals surface area contributed by atoms with Gasteiger partial charge in [0.2, 0.25) is 11.8 Å². The lowest BCUT2D eigenvalue weighted by atomic mass is 9.99. The summed E-state index contributed by atoms with van der Waals surface area (Å²) in [6.07, 6.45) is 1.39. The molecule has 2 aromatic rings. The lowest BCUT2D eigenvalue weighted by molar-refractivity contribution is -0.137. The number of aromatic nitrogens is 1. The summed E-state index contributed by atoms with van der Waals surface area (Å²) in [6.45, 7) is 5.22. The zero-order valence-electron chi connectivity index (χ0n) is 16.3. The van der Waals surface area contributed by atoms with Crippen LogP contribution in [0.3, 0.4) is 0 Å². The van der Waals surface area contributed by atoms with Crippen LogP contribution < -0.4 is 0 Å². The van der Waals surface area contributed by atoms with Gasteiger partial charge in [-0.2, -0.15) is 0 Å². The van der Waals surface area contributed by atoms with Crippen molar-refractivity contribution in [2.45, 2.75) is 33.2 Å². The molecule has 142 valence electrons. The van der Waals surface area contributed by atoms with Crippen molar-refractivity contribution >= 4 is 11.8 Å². The number of pyridine rings is 1. The summed E-state index contributed by atoms with van der Waals surface area (Å²) in [6, 6.07) is 14.2. The van der Waals surface area contributed by atoms with E-state index in [0.29, 0.717) is 19.5 Å². The van der Waals surface area contributed by atoms with E-state index in [-0.39, 0.29) is 24.3 Å². The number of rotatable bonds is 6. The highest BCUT2D eigenvalue weighted by atomic mass is 16.2. The first-order chi connectivity index (χ1) is 12.9. The van der Waals surface area contributed by atoms with E-state index >= 15 is 0 Å². The lowest BCUT2D eigenvalue weighted by Crippen LogP contribution is -2.39. The van der Waals surface area contributed by atoms with E-state index in [1.54, 1.807) is 16.8 Å². The predicted octanol–water partition coefficient (Wildman–Crippen LogP) is 2.75. The Morgan fingerprint density at radius 2 is 1.96 bits per heavy atom. The molecule has 5 nitrogen and oxygen atoms in total. The van der Waals surface area contributed by atoms with Crippen LogP contribution in [0.2, 0.25) is 0 Å². The molecular formula is C22H27N3O2. The number of carbonyl (C=O) groups is 2. The molecule has 0 radical (unpaired) electrons. The molecule has 1 fully saturated rings. The summed E-state index contributed by atoms with van der Waals surface area (Å²) in [5, 5.41) is 0. The molecule has 1 aliphatic rings. The van der Waals surface area contributed by atoms with Crippen LogP contribution in [0, 0.1) is 19.8 Å². The molecule has 0 saturated carbocycles. The lowest BCUT2D eigenvalue weighted by Gasteiger charge is -2.22. The highest BCUT2D eigenvalue weighted by Gasteiger charge is 2.31. The third kappa shape index (κ3) is 5.16. The average Bonchev–Trinajstić information content (AvgIpc) is 2.93. The Morgan fingerprint density at radius 1 is 1.22 bits per heavy atom. The highest BCUT2D eigenvalue weighted by molar-refractivity contribution is 5.86. The van der Waals surface area contributed by atoms with E-state index in [9.17, 15) is 9.59 Å². The minimum absolute atomic E-state index is 0.0512. The largest absolute Gasteiger partial charge is 0.338 e. The van der Waals surface area contributed by atoms with Crippen LogP contribution in [-0.2, 0) is 22.6 Å². The Balaban J connectivity index is 1.54. The molecule has 0 bridgehead atoms. The number of aryl methyl sites for hydroxylation is 2. The van der Waals surface area contributed by atoms with Gasteiger partial charge in [0.05, 0.1) is 18.8 Å². The Kier molecular flexibility index (Phi) is 5.89. The monoisotopic (exact) mass is 365 g/mol. The van der Waals surface area contributed by atoms with Gasteiger partial charge in [0, 0.05) is 25.7 Å². The van der Waals surface area contributed by atoms with Crippen molar-refractivity contribution in [2.75, 3.05) is 20.1 Å². The van der Waals surface area contributed by atoms with Gasteiger partial charge in [-0.05, 0) is 49.4 Å². The third-order valence-corrected chi connectivity index (χ3v) is 4.96. The van der Waals surface area contributed by atoms with Crippen LogP contribution in [0.15, 0.2) is 42.5 Å². The molecule has 1 atom stereocenters. The van der Waals surface area contributed by atoms with E-state index in [1.165, 1.54) is 5.56 Å². The zero-order valence-corrected chi connectivity index (χ0v) is 16.3. The second-order valence-electron chi connectivity index (χ2n) is 7.56. The first-order valence-corrected chi connectivity index (χ1v) is 9.40. The second-order valence-corrected chi connectivity index (χ2v) is 7.56. The molecular weight excluding hydrogens is 338 g/mol. The fourth-order valence-corrected chi connectivity index (χ4v) is 3.71. The summed E-state index contributed by atoms with van der Waals surface area (Å²) in [5.74, 6) is 0.297. The Bertz CT molecular complexity index is 799. The number of amides is 2. The summed E-state index contributed by atoms with van der Waals surface area (Å²) in [4.78, 5) is 32.7. The molecule has 2 heterocycles. The minimum atomic E-state index is -0.0512. The standard InChI is InChI=1S/C22H27N3O2/c1-16-9-17(2)23-20(10-16)14-24(3)22(27)15-25-13-19(12-21(25)26)11-18-7-5-4-6-8-18/h4-10,19H,11-15H2,1-3H3/t19-/m0/s1. The van der Waals surface area contributed by atoms with Crippen molar-refractivity contribution in [1.82, 2.24) is 14.8 Å². The number of benzene rings is 1. The maximum atomic E-state index is 12.6. The molecule has 1 aromatic carbocycles. The summed E-state index contributed by atoms with van der Waals surface area (Å²) >= 11 is 0. The van der Waals surface area contributed by atoms with Crippen molar-refractivity contribution in [1.29, 1.82) is 0 Å². The number of hydrogen-bond acceptors (Lipinski definition) is 3. The number of nitrogens with zero attached hydrogens (tertiary/aromatic N) is 3. The summed E-state index contributed by atoms with van der Waals surface area (Å²) in [5.41, 5.74) is 4.20. The van der Waals surface area contributed by atoms with Crippen molar-refractivity contribution in [3.05, 3.63) is 65.0 Å². The van der Waals surface area contributed by atoms with Gasteiger partial charge in [-0.25, -0.2) is 0 Å². The maximum Gasteiger partial charge on any atom is 0.242 e. The maximum absolute atomic E-state index is 12.6. The van der Waals surface area contributed by atoms with Gasteiger partial charge < -0.3 is 9.80 Å². The molecule has 0 unspecified atom stereocenters.